The van der Waals surface area contributed by atoms with E-state index in [1.807, 2.05) is 27.7 Å². The van der Waals surface area contributed by atoms with E-state index < -0.39 is 0 Å². The summed E-state index contributed by atoms with van der Waals surface area (Å²) in [6.07, 6.45) is 1.61. The van der Waals surface area contributed by atoms with Gasteiger partial charge in [-0.25, -0.2) is 0 Å². The van der Waals surface area contributed by atoms with Crippen LogP contribution in [0.2, 0.25) is 0 Å². The van der Waals surface area contributed by atoms with E-state index >= 15 is 0 Å². The zero-order valence-electron chi connectivity index (χ0n) is 8.33. The van der Waals surface area contributed by atoms with Crippen molar-refractivity contribution in [3.8, 4) is 0 Å². The summed E-state index contributed by atoms with van der Waals surface area (Å²) in [5.74, 6) is -0.0869. The molecule has 0 bridgehead atoms. The highest BCUT2D eigenvalue weighted by Gasteiger charge is 2.20. The van der Waals surface area contributed by atoms with Crippen LogP contribution in [0, 0.1) is 11.8 Å². The van der Waals surface area contributed by atoms with Crippen LogP contribution in [0.25, 0.3) is 0 Å². The second-order valence-corrected chi connectivity index (χ2v) is 3.49. The Labute approximate surface area is 74.6 Å². The largest absolute Gasteiger partial charge is 0.463 e. The minimum Gasteiger partial charge on any atom is -0.463 e. The first-order valence-corrected chi connectivity index (χ1v) is 4.32. The van der Waals surface area contributed by atoms with Gasteiger partial charge in [0.1, 0.15) is 0 Å². The molecule has 2 nitrogen and oxygen atoms in total. The maximum absolute atomic E-state index is 11.3. The molecule has 70 valence electrons. The van der Waals surface area contributed by atoms with Gasteiger partial charge in [0.05, 0.1) is 12.0 Å². The highest BCUT2D eigenvalue weighted by Crippen LogP contribution is 2.14. The molecule has 0 heterocycles. The molecule has 0 aromatic carbocycles. The summed E-state index contributed by atoms with van der Waals surface area (Å²) in [5, 5.41) is 0. The zero-order chi connectivity index (χ0) is 9.72. The van der Waals surface area contributed by atoms with Crippen LogP contribution < -0.4 is 0 Å². The molecule has 2 heteroatoms. The molecule has 0 saturated carbocycles. The minimum atomic E-state index is -0.174. The predicted molar refractivity (Wildman–Crippen MR) is 49.8 cm³/mol. The fourth-order valence-electron chi connectivity index (χ4n) is 0.951. The molecule has 0 rings (SSSR count). The highest BCUT2D eigenvalue weighted by atomic mass is 16.5. The summed E-state index contributed by atoms with van der Waals surface area (Å²) in [6, 6.07) is 0. The van der Waals surface area contributed by atoms with Crippen molar-refractivity contribution in [2.24, 2.45) is 11.8 Å². The Bertz CT molecular complexity index is 159. The van der Waals surface area contributed by atoms with E-state index in [0.717, 1.165) is 0 Å². The fraction of sp³-hybridized carbons (Fsp3) is 0.700. The Morgan fingerprint density at radius 3 is 2.08 bits per heavy atom. The second kappa shape index (κ2) is 4.96. The van der Waals surface area contributed by atoms with E-state index in [4.69, 9.17) is 4.74 Å². The van der Waals surface area contributed by atoms with E-state index in [0.29, 0.717) is 0 Å². The number of rotatable bonds is 4. The van der Waals surface area contributed by atoms with Crippen LogP contribution in [0.3, 0.4) is 0 Å². The molecule has 0 aliphatic carbocycles. The third-order valence-electron chi connectivity index (χ3n) is 1.60. The van der Waals surface area contributed by atoms with Gasteiger partial charge < -0.3 is 4.74 Å². The summed E-state index contributed by atoms with van der Waals surface area (Å²) in [6.45, 7) is 11.3. The summed E-state index contributed by atoms with van der Waals surface area (Å²) in [7, 11) is 0. The quantitative estimate of drug-likeness (QED) is 0.478. The van der Waals surface area contributed by atoms with Gasteiger partial charge in [-0.1, -0.05) is 19.9 Å². The second-order valence-electron chi connectivity index (χ2n) is 3.49. The monoisotopic (exact) mass is 170 g/mol. The van der Waals surface area contributed by atoms with E-state index in [9.17, 15) is 4.79 Å². The number of esters is 1. The third kappa shape index (κ3) is 3.56. The van der Waals surface area contributed by atoms with Crippen LogP contribution in [-0.4, -0.2) is 12.1 Å². The lowest BCUT2D eigenvalue weighted by Gasteiger charge is -2.16. The molecule has 0 aromatic rings. The molecule has 0 aliphatic rings. The molecular formula is C10H18O2. The van der Waals surface area contributed by atoms with Crippen molar-refractivity contribution < 1.29 is 9.53 Å². The Balaban J connectivity index is 4.13. The summed E-state index contributed by atoms with van der Waals surface area (Å²) >= 11 is 0. The molecule has 0 N–H and O–H groups in total. The first-order valence-electron chi connectivity index (χ1n) is 4.32. The number of carbonyl (C=O) groups excluding carboxylic acids is 1. The van der Waals surface area contributed by atoms with Crippen LogP contribution in [-0.2, 0) is 9.53 Å². The number of hydrogen-bond acceptors (Lipinski definition) is 2. The average molecular weight is 170 g/mol. The van der Waals surface area contributed by atoms with E-state index in [1.165, 1.54) is 0 Å². The van der Waals surface area contributed by atoms with Crippen molar-refractivity contribution in [2.75, 3.05) is 0 Å². The van der Waals surface area contributed by atoms with Crippen LogP contribution in [0.4, 0.5) is 0 Å². The van der Waals surface area contributed by atoms with Crippen LogP contribution in [0.1, 0.15) is 27.7 Å². The number of hydrogen-bond donors (Lipinski definition) is 0. The predicted octanol–water partition coefficient (Wildman–Crippen LogP) is 2.40. The average Bonchev–Trinajstić information content (AvgIpc) is 1.85. The third-order valence-corrected chi connectivity index (χ3v) is 1.60. The van der Waals surface area contributed by atoms with Crippen molar-refractivity contribution in [1.82, 2.24) is 0 Å². The molecule has 0 saturated heterocycles. The molecule has 1 atom stereocenters. The van der Waals surface area contributed by atoms with Gasteiger partial charge in [0.25, 0.3) is 0 Å². The SMILES string of the molecule is C=CC(C(=O)OC(C)C)C(C)C. The van der Waals surface area contributed by atoms with Gasteiger partial charge in [-0.3, -0.25) is 4.79 Å². The molecule has 12 heavy (non-hydrogen) atoms. The Morgan fingerprint density at radius 2 is 1.83 bits per heavy atom. The Hall–Kier alpha value is -0.790. The molecule has 0 spiro atoms. The molecule has 0 aliphatic heterocycles. The molecule has 0 aromatic heterocycles. The van der Waals surface area contributed by atoms with Gasteiger partial charge in [0.15, 0.2) is 0 Å². The summed E-state index contributed by atoms with van der Waals surface area (Å²) in [5.41, 5.74) is 0. The Morgan fingerprint density at radius 1 is 1.33 bits per heavy atom. The van der Waals surface area contributed by atoms with Crippen molar-refractivity contribution in [1.29, 1.82) is 0 Å². The Kier molecular flexibility index (Phi) is 4.64. The molecule has 1 unspecified atom stereocenters. The smallest absolute Gasteiger partial charge is 0.313 e. The van der Waals surface area contributed by atoms with Gasteiger partial charge in [0, 0.05) is 0 Å². The maximum atomic E-state index is 11.3. The zero-order valence-corrected chi connectivity index (χ0v) is 8.33. The molecule has 0 radical (unpaired) electrons. The van der Waals surface area contributed by atoms with Crippen LogP contribution in [0.5, 0.6) is 0 Å². The van der Waals surface area contributed by atoms with Crippen LogP contribution >= 0.6 is 0 Å². The lowest BCUT2D eigenvalue weighted by molar-refractivity contribution is -0.151. The van der Waals surface area contributed by atoms with Crippen molar-refractivity contribution in [3.63, 3.8) is 0 Å². The number of carbonyl (C=O) groups is 1. The molecule has 0 fully saturated rings. The highest BCUT2D eigenvalue weighted by molar-refractivity contribution is 5.74. The first-order chi connectivity index (χ1) is 5.49. The first kappa shape index (κ1) is 11.2. The lowest BCUT2D eigenvalue weighted by atomic mass is 9.96. The standard InChI is InChI=1S/C10H18O2/c1-6-9(7(2)3)10(11)12-8(4)5/h6-9H,1H2,2-5H3. The number of ether oxygens (including phenoxy) is 1. The van der Waals surface area contributed by atoms with Gasteiger partial charge >= 0.3 is 5.97 Å². The van der Waals surface area contributed by atoms with Gasteiger partial charge in [0.2, 0.25) is 0 Å². The van der Waals surface area contributed by atoms with Crippen molar-refractivity contribution in [2.45, 2.75) is 33.8 Å². The van der Waals surface area contributed by atoms with E-state index in [1.54, 1.807) is 6.08 Å². The van der Waals surface area contributed by atoms with Gasteiger partial charge in [-0.2, -0.15) is 0 Å². The lowest BCUT2D eigenvalue weighted by Crippen LogP contribution is -2.23. The summed E-state index contributed by atoms with van der Waals surface area (Å²) in [4.78, 5) is 11.3. The van der Waals surface area contributed by atoms with E-state index in [2.05, 4.69) is 6.58 Å². The molecular weight excluding hydrogens is 152 g/mol. The van der Waals surface area contributed by atoms with E-state index in [-0.39, 0.29) is 23.9 Å². The van der Waals surface area contributed by atoms with Crippen molar-refractivity contribution >= 4 is 5.97 Å². The van der Waals surface area contributed by atoms with Gasteiger partial charge in [-0.15, -0.1) is 6.58 Å². The van der Waals surface area contributed by atoms with Crippen molar-refractivity contribution in [3.05, 3.63) is 12.7 Å². The summed E-state index contributed by atoms with van der Waals surface area (Å²) < 4.78 is 5.05. The minimum absolute atomic E-state index is 0.0429. The maximum Gasteiger partial charge on any atom is 0.313 e. The topological polar surface area (TPSA) is 26.3 Å². The normalized spacial score (nSPS) is 13.2. The molecule has 0 amide bonds. The fourth-order valence-corrected chi connectivity index (χ4v) is 0.951. The van der Waals surface area contributed by atoms with Gasteiger partial charge in [-0.05, 0) is 19.8 Å². The van der Waals surface area contributed by atoms with Crippen LogP contribution in [0.15, 0.2) is 12.7 Å².